The van der Waals surface area contributed by atoms with E-state index in [1.54, 1.807) is 24.4 Å². The van der Waals surface area contributed by atoms with E-state index in [2.05, 4.69) is 4.98 Å². The van der Waals surface area contributed by atoms with Crippen molar-refractivity contribution in [2.75, 3.05) is 17.5 Å². The van der Waals surface area contributed by atoms with Gasteiger partial charge >= 0.3 is 0 Å². The average molecular weight is 330 g/mol. The molecule has 1 aliphatic heterocycles. The van der Waals surface area contributed by atoms with Crippen LogP contribution >= 0.6 is 0 Å². The monoisotopic (exact) mass is 330 g/mol. The van der Waals surface area contributed by atoms with E-state index in [0.717, 1.165) is 5.56 Å². The third-order valence-electron chi connectivity index (χ3n) is 4.29. The van der Waals surface area contributed by atoms with Crippen LogP contribution in [0.4, 0.5) is 5.69 Å². The maximum absolute atomic E-state index is 13.0. The first-order valence-electron chi connectivity index (χ1n) is 7.78. The molecule has 0 radical (unpaired) electrons. The average Bonchev–Trinajstić information content (AvgIpc) is 3.39. The summed E-state index contributed by atoms with van der Waals surface area (Å²) in [7, 11) is -3.60. The van der Waals surface area contributed by atoms with Crippen LogP contribution < -0.4 is 9.04 Å². The number of aryl methyl sites for hydroxylation is 1. The topological polar surface area (TPSA) is 59.5 Å². The van der Waals surface area contributed by atoms with Gasteiger partial charge in [-0.2, -0.15) is 0 Å². The summed E-state index contributed by atoms with van der Waals surface area (Å²) in [6.45, 7) is 2.49. The van der Waals surface area contributed by atoms with Gasteiger partial charge in [-0.05, 0) is 55.0 Å². The van der Waals surface area contributed by atoms with Crippen LogP contribution in [0.15, 0.2) is 41.4 Å². The fourth-order valence-corrected chi connectivity index (χ4v) is 4.32. The molecular weight excluding hydrogens is 312 g/mol. The molecule has 0 amide bonds. The van der Waals surface area contributed by atoms with Crippen molar-refractivity contribution in [1.82, 2.24) is 4.98 Å². The highest BCUT2D eigenvalue weighted by atomic mass is 32.2. The highest BCUT2D eigenvalue weighted by Gasteiger charge is 2.31. The standard InChI is InChI=1S/C17H18N2O3S/c1-12-10-16-17(18-11-12)22-9-8-19(16)23(20,21)15-6-4-14(5-7-15)13-2-3-13/h4-7,10-11,13H,2-3,8-9H2,1H3. The van der Waals surface area contributed by atoms with Crippen LogP contribution in [0.3, 0.4) is 0 Å². The summed E-state index contributed by atoms with van der Waals surface area (Å²) >= 11 is 0. The number of hydrogen-bond acceptors (Lipinski definition) is 4. The second-order valence-corrected chi connectivity index (χ2v) is 7.97. The summed E-state index contributed by atoms with van der Waals surface area (Å²) in [5.41, 5.74) is 2.64. The van der Waals surface area contributed by atoms with Gasteiger partial charge < -0.3 is 4.74 Å². The van der Waals surface area contributed by atoms with Gasteiger partial charge in [0.25, 0.3) is 10.0 Å². The Bertz CT molecular complexity index is 843. The Labute approximate surface area is 136 Å². The molecule has 23 heavy (non-hydrogen) atoms. The summed E-state index contributed by atoms with van der Waals surface area (Å²) in [5.74, 6) is 0.989. The molecule has 1 saturated carbocycles. The van der Waals surface area contributed by atoms with Crippen LogP contribution in [0.1, 0.15) is 29.9 Å². The number of pyridine rings is 1. The number of hydrogen-bond donors (Lipinski definition) is 0. The van der Waals surface area contributed by atoms with Gasteiger partial charge in [0, 0.05) is 6.20 Å². The zero-order chi connectivity index (χ0) is 16.0. The molecule has 1 aromatic heterocycles. The van der Waals surface area contributed by atoms with Crippen LogP contribution in [0.2, 0.25) is 0 Å². The Morgan fingerprint density at radius 3 is 2.65 bits per heavy atom. The normalized spacial score (nSPS) is 17.5. The predicted molar refractivity (Wildman–Crippen MR) is 87.4 cm³/mol. The second kappa shape index (κ2) is 5.23. The lowest BCUT2D eigenvalue weighted by Gasteiger charge is -2.29. The van der Waals surface area contributed by atoms with Crippen LogP contribution in [0.25, 0.3) is 0 Å². The molecule has 0 bridgehead atoms. The van der Waals surface area contributed by atoms with Gasteiger partial charge in [-0.1, -0.05) is 12.1 Å². The van der Waals surface area contributed by atoms with Crippen molar-refractivity contribution in [1.29, 1.82) is 0 Å². The summed E-state index contributed by atoms with van der Waals surface area (Å²) in [4.78, 5) is 4.51. The molecule has 1 aromatic carbocycles. The van der Waals surface area contributed by atoms with Gasteiger partial charge in [0.2, 0.25) is 5.88 Å². The number of nitrogens with zero attached hydrogens (tertiary/aromatic N) is 2. The van der Waals surface area contributed by atoms with Crippen LogP contribution in [-0.4, -0.2) is 26.6 Å². The van der Waals surface area contributed by atoms with E-state index in [9.17, 15) is 8.42 Å². The quantitative estimate of drug-likeness (QED) is 0.868. The third-order valence-corrected chi connectivity index (χ3v) is 6.12. The van der Waals surface area contributed by atoms with Crippen molar-refractivity contribution in [3.05, 3.63) is 47.7 Å². The van der Waals surface area contributed by atoms with Gasteiger partial charge in [-0.25, -0.2) is 13.4 Å². The van der Waals surface area contributed by atoms with Gasteiger partial charge in [0.1, 0.15) is 12.3 Å². The summed E-state index contributed by atoms with van der Waals surface area (Å²) < 4.78 is 32.9. The van der Waals surface area contributed by atoms with Crippen molar-refractivity contribution in [3.63, 3.8) is 0 Å². The van der Waals surface area contributed by atoms with Crippen molar-refractivity contribution in [2.24, 2.45) is 0 Å². The number of rotatable bonds is 3. The van der Waals surface area contributed by atoms with Crippen molar-refractivity contribution >= 4 is 15.7 Å². The van der Waals surface area contributed by atoms with Gasteiger partial charge in [-0.3, -0.25) is 4.31 Å². The molecule has 6 heteroatoms. The molecule has 1 fully saturated rings. The fourth-order valence-electron chi connectivity index (χ4n) is 2.88. The minimum Gasteiger partial charge on any atom is -0.474 e. The SMILES string of the molecule is Cc1cnc2c(c1)N(S(=O)(=O)c1ccc(C3CC3)cc1)CCO2. The zero-order valence-corrected chi connectivity index (χ0v) is 13.7. The molecule has 0 N–H and O–H groups in total. The maximum Gasteiger partial charge on any atom is 0.264 e. The number of aromatic nitrogens is 1. The van der Waals surface area contributed by atoms with Gasteiger partial charge in [0.05, 0.1) is 11.4 Å². The van der Waals surface area contributed by atoms with E-state index in [1.807, 2.05) is 19.1 Å². The van der Waals surface area contributed by atoms with Crippen LogP contribution in [0.5, 0.6) is 5.88 Å². The van der Waals surface area contributed by atoms with Gasteiger partial charge in [0.15, 0.2) is 0 Å². The van der Waals surface area contributed by atoms with E-state index in [0.29, 0.717) is 35.5 Å². The van der Waals surface area contributed by atoms with Crippen molar-refractivity contribution in [2.45, 2.75) is 30.6 Å². The van der Waals surface area contributed by atoms with E-state index < -0.39 is 10.0 Å². The number of fused-ring (bicyclic) bond motifs is 1. The van der Waals surface area contributed by atoms with E-state index in [-0.39, 0.29) is 0 Å². The Balaban J connectivity index is 1.73. The summed E-state index contributed by atoms with van der Waals surface area (Å²) in [5, 5.41) is 0. The minimum atomic E-state index is -3.60. The molecule has 4 rings (SSSR count). The molecule has 2 aliphatic rings. The van der Waals surface area contributed by atoms with Crippen molar-refractivity contribution < 1.29 is 13.2 Å². The summed E-state index contributed by atoms with van der Waals surface area (Å²) in [6.07, 6.45) is 4.08. The van der Waals surface area contributed by atoms with E-state index in [1.165, 1.54) is 22.7 Å². The van der Waals surface area contributed by atoms with E-state index in [4.69, 9.17) is 4.74 Å². The first-order chi connectivity index (χ1) is 11.1. The maximum atomic E-state index is 13.0. The number of ether oxygens (including phenoxy) is 1. The molecule has 1 aliphatic carbocycles. The Morgan fingerprint density at radius 1 is 1.22 bits per heavy atom. The smallest absolute Gasteiger partial charge is 0.264 e. The zero-order valence-electron chi connectivity index (χ0n) is 12.9. The highest BCUT2D eigenvalue weighted by Crippen LogP contribution is 2.40. The lowest BCUT2D eigenvalue weighted by atomic mass is 10.1. The molecular formula is C17H18N2O3S. The first-order valence-corrected chi connectivity index (χ1v) is 9.22. The summed E-state index contributed by atoms with van der Waals surface area (Å²) in [6, 6.07) is 9.08. The molecule has 5 nitrogen and oxygen atoms in total. The Hall–Kier alpha value is -2.08. The highest BCUT2D eigenvalue weighted by molar-refractivity contribution is 7.92. The lowest BCUT2D eigenvalue weighted by Crippen LogP contribution is -2.38. The first kappa shape index (κ1) is 14.5. The number of benzene rings is 1. The van der Waals surface area contributed by atoms with Crippen LogP contribution in [-0.2, 0) is 10.0 Å². The third kappa shape index (κ3) is 2.57. The molecule has 2 heterocycles. The number of sulfonamides is 1. The minimum absolute atomic E-state index is 0.296. The van der Waals surface area contributed by atoms with Crippen molar-refractivity contribution in [3.8, 4) is 5.88 Å². The molecule has 2 aromatic rings. The Kier molecular flexibility index (Phi) is 3.30. The largest absolute Gasteiger partial charge is 0.474 e. The van der Waals surface area contributed by atoms with Gasteiger partial charge in [-0.15, -0.1) is 0 Å². The predicted octanol–water partition coefficient (Wildman–Crippen LogP) is 2.86. The molecule has 0 atom stereocenters. The fraction of sp³-hybridized carbons (Fsp3) is 0.353. The second-order valence-electron chi connectivity index (χ2n) is 6.11. The molecule has 0 saturated heterocycles. The van der Waals surface area contributed by atoms with E-state index >= 15 is 0 Å². The lowest BCUT2D eigenvalue weighted by molar-refractivity contribution is 0.303. The Morgan fingerprint density at radius 2 is 1.96 bits per heavy atom. The molecule has 0 spiro atoms. The van der Waals surface area contributed by atoms with Crippen LogP contribution in [0, 0.1) is 6.92 Å². The molecule has 0 unspecified atom stereocenters. The molecule has 120 valence electrons. The number of anilines is 1.